The number of carboxylic acids is 1. The van der Waals surface area contributed by atoms with Crippen LogP contribution in [-0.4, -0.2) is 49.6 Å². The smallest absolute Gasteiger partial charge is 0.327 e. The maximum atomic E-state index is 11.8. The van der Waals surface area contributed by atoms with Crippen molar-refractivity contribution in [3.05, 3.63) is 0 Å². The molecule has 0 fully saturated rings. The van der Waals surface area contributed by atoms with Crippen molar-refractivity contribution in [3.63, 3.8) is 0 Å². The number of carbonyl (C=O) groups excluding carboxylic acids is 1. The van der Waals surface area contributed by atoms with Crippen LogP contribution < -0.4 is 5.32 Å². The topological polar surface area (TPSA) is 101 Å². The Kier molecular flexibility index (Phi) is 7.49. The highest BCUT2D eigenvalue weighted by Crippen LogP contribution is 2.03. The first-order chi connectivity index (χ1) is 8.28. The largest absolute Gasteiger partial charge is 0.480 e. The molecule has 0 aromatic heterocycles. The van der Waals surface area contributed by atoms with Crippen molar-refractivity contribution in [1.82, 2.24) is 5.32 Å². The molecule has 0 radical (unpaired) electrons. The van der Waals surface area contributed by atoms with Crippen LogP contribution in [0, 0.1) is 0 Å². The molecule has 0 bridgehead atoms. The highest BCUT2D eigenvalue weighted by Gasteiger charge is 2.25. The lowest BCUT2D eigenvalue weighted by Gasteiger charge is -2.13. The number of carbonyl (C=O) groups is 2. The van der Waals surface area contributed by atoms with Crippen molar-refractivity contribution in [2.45, 2.75) is 32.2 Å². The fourth-order valence-corrected chi connectivity index (χ4v) is 2.89. The van der Waals surface area contributed by atoms with Crippen molar-refractivity contribution in [2.24, 2.45) is 0 Å². The molecule has 8 heteroatoms. The minimum absolute atomic E-state index is 0.198. The summed E-state index contributed by atoms with van der Waals surface area (Å²) in [5.41, 5.74) is 0. The lowest BCUT2D eigenvalue weighted by molar-refractivity contribution is -0.140. The third kappa shape index (κ3) is 7.99. The Morgan fingerprint density at radius 1 is 1.28 bits per heavy atom. The lowest BCUT2D eigenvalue weighted by atomic mass is 10.3. The Bertz CT molecular complexity index is 382. The van der Waals surface area contributed by atoms with E-state index in [1.54, 1.807) is 0 Å². The van der Waals surface area contributed by atoms with Crippen molar-refractivity contribution in [3.8, 4) is 0 Å². The Hall–Kier alpha value is -1.18. The van der Waals surface area contributed by atoms with E-state index in [9.17, 15) is 22.4 Å². The van der Waals surface area contributed by atoms with E-state index in [4.69, 9.17) is 5.11 Å². The van der Waals surface area contributed by atoms with Gasteiger partial charge >= 0.3 is 5.97 Å². The van der Waals surface area contributed by atoms with E-state index in [0.717, 1.165) is 6.92 Å². The second-order valence-electron chi connectivity index (χ2n) is 3.96. The number of hydrogen-bond donors (Lipinski definition) is 2. The number of sulfone groups is 1. The van der Waals surface area contributed by atoms with E-state index >= 15 is 0 Å². The number of nitrogens with one attached hydrogen (secondary N) is 1. The predicted molar refractivity (Wildman–Crippen MR) is 63.7 cm³/mol. The molecule has 6 nitrogen and oxygen atoms in total. The standard InChI is InChI=1S/C10H18FNO5S/c1-8(13)12-9(10(14)15)7-18(16,17)6-4-2-3-5-11/h9H,2-7H2,1H3,(H,12,13)(H,14,15)/t9-/m0/s1. The Morgan fingerprint density at radius 2 is 1.89 bits per heavy atom. The molecule has 0 saturated heterocycles. The molecular formula is C10H18FNO5S. The minimum atomic E-state index is -3.57. The monoisotopic (exact) mass is 283 g/mol. The second kappa shape index (κ2) is 8.02. The van der Waals surface area contributed by atoms with Gasteiger partial charge in [0.2, 0.25) is 5.91 Å². The lowest BCUT2D eigenvalue weighted by Crippen LogP contribution is -2.44. The first kappa shape index (κ1) is 16.8. The first-order valence-electron chi connectivity index (χ1n) is 5.55. The maximum Gasteiger partial charge on any atom is 0.327 e. The summed E-state index contributed by atoms with van der Waals surface area (Å²) in [6.45, 7) is 0.619. The van der Waals surface area contributed by atoms with Gasteiger partial charge in [-0.1, -0.05) is 0 Å². The molecule has 1 atom stereocenters. The zero-order chi connectivity index (χ0) is 14.2. The quantitative estimate of drug-likeness (QED) is 0.586. The molecule has 18 heavy (non-hydrogen) atoms. The van der Waals surface area contributed by atoms with Crippen molar-refractivity contribution in [2.75, 3.05) is 18.2 Å². The van der Waals surface area contributed by atoms with Crippen molar-refractivity contribution < 1.29 is 27.5 Å². The van der Waals surface area contributed by atoms with Crippen LogP contribution in [-0.2, 0) is 19.4 Å². The highest BCUT2D eigenvalue weighted by atomic mass is 32.2. The van der Waals surface area contributed by atoms with E-state index in [2.05, 4.69) is 5.32 Å². The fourth-order valence-electron chi connectivity index (χ4n) is 1.35. The molecule has 0 unspecified atom stereocenters. The van der Waals surface area contributed by atoms with E-state index in [-0.39, 0.29) is 5.75 Å². The van der Waals surface area contributed by atoms with Gasteiger partial charge in [0.1, 0.15) is 6.04 Å². The van der Waals surface area contributed by atoms with Crippen LogP contribution in [0.3, 0.4) is 0 Å². The third-order valence-corrected chi connectivity index (χ3v) is 3.94. The number of rotatable bonds is 9. The number of hydrogen-bond acceptors (Lipinski definition) is 4. The normalized spacial score (nSPS) is 13.0. The summed E-state index contributed by atoms with van der Waals surface area (Å²) < 4.78 is 35.0. The summed E-state index contributed by atoms with van der Waals surface area (Å²) in [4.78, 5) is 21.5. The molecule has 0 heterocycles. The molecule has 0 aliphatic heterocycles. The highest BCUT2D eigenvalue weighted by molar-refractivity contribution is 7.91. The minimum Gasteiger partial charge on any atom is -0.480 e. The molecule has 0 aliphatic carbocycles. The van der Waals surface area contributed by atoms with Gasteiger partial charge in [0.15, 0.2) is 9.84 Å². The Balaban J connectivity index is 4.33. The van der Waals surface area contributed by atoms with Gasteiger partial charge in [-0.15, -0.1) is 0 Å². The van der Waals surface area contributed by atoms with E-state index in [0.29, 0.717) is 19.3 Å². The van der Waals surface area contributed by atoms with Crippen molar-refractivity contribution >= 4 is 21.7 Å². The average molecular weight is 283 g/mol. The molecule has 0 aromatic rings. The van der Waals surface area contributed by atoms with Gasteiger partial charge in [0, 0.05) is 6.92 Å². The molecule has 1 amide bonds. The van der Waals surface area contributed by atoms with Crippen molar-refractivity contribution in [1.29, 1.82) is 0 Å². The second-order valence-corrected chi connectivity index (χ2v) is 6.18. The fraction of sp³-hybridized carbons (Fsp3) is 0.800. The van der Waals surface area contributed by atoms with Gasteiger partial charge in [-0.05, 0) is 19.3 Å². The number of alkyl halides is 1. The van der Waals surface area contributed by atoms with Gasteiger partial charge in [0.05, 0.1) is 18.2 Å². The van der Waals surface area contributed by atoms with Crippen LogP contribution in [0.15, 0.2) is 0 Å². The SMILES string of the molecule is CC(=O)N[C@@H](CS(=O)(=O)CCCCCF)C(=O)O. The van der Waals surface area contributed by atoms with Crippen LogP contribution in [0.1, 0.15) is 26.2 Å². The molecule has 0 spiro atoms. The summed E-state index contributed by atoms with van der Waals surface area (Å²) >= 11 is 0. The number of aliphatic carboxylic acids is 1. The average Bonchev–Trinajstić information content (AvgIpc) is 2.22. The summed E-state index contributed by atoms with van der Waals surface area (Å²) in [5.74, 6) is -2.83. The van der Waals surface area contributed by atoms with Gasteiger partial charge < -0.3 is 10.4 Å². The molecule has 106 valence electrons. The maximum absolute atomic E-state index is 11.8. The molecule has 2 N–H and O–H groups in total. The van der Waals surface area contributed by atoms with E-state index in [1.165, 1.54) is 0 Å². The van der Waals surface area contributed by atoms with E-state index < -0.39 is 40.2 Å². The van der Waals surface area contributed by atoms with Crippen LogP contribution in [0.2, 0.25) is 0 Å². The van der Waals surface area contributed by atoms with Crippen LogP contribution in [0.25, 0.3) is 0 Å². The number of unbranched alkanes of at least 4 members (excludes halogenated alkanes) is 2. The number of amides is 1. The first-order valence-corrected chi connectivity index (χ1v) is 7.37. The van der Waals surface area contributed by atoms with E-state index in [1.807, 2.05) is 0 Å². The molecule has 0 aliphatic rings. The molecule has 0 aromatic carbocycles. The summed E-state index contributed by atoms with van der Waals surface area (Å²) in [5, 5.41) is 10.8. The van der Waals surface area contributed by atoms with Gasteiger partial charge in [-0.3, -0.25) is 9.18 Å². The zero-order valence-corrected chi connectivity index (χ0v) is 11.0. The van der Waals surface area contributed by atoms with Crippen LogP contribution >= 0.6 is 0 Å². The molecular weight excluding hydrogens is 265 g/mol. The van der Waals surface area contributed by atoms with Gasteiger partial charge in [-0.2, -0.15) is 0 Å². The zero-order valence-electron chi connectivity index (χ0n) is 10.2. The summed E-state index contributed by atoms with van der Waals surface area (Å²) in [6, 6.07) is -1.44. The number of halogens is 1. The third-order valence-electron chi connectivity index (χ3n) is 2.19. The predicted octanol–water partition coefficient (Wildman–Crippen LogP) is 0.130. The van der Waals surface area contributed by atoms with Crippen LogP contribution in [0.5, 0.6) is 0 Å². The molecule has 0 rings (SSSR count). The van der Waals surface area contributed by atoms with Crippen LogP contribution in [0.4, 0.5) is 4.39 Å². The summed E-state index contributed by atoms with van der Waals surface area (Å²) in [6.07, 6.45) is 1.02. The van der Waals surface area contributed by atoms with Gasteiger partial charge in [0.25, 0.3) is 0 Å². The Morgan fingerprint density at radius 3 is 2.33 bits per heavy atom. The summed E-state index contributed by atoms with van der Waals surface area (Å²) in [7, 11) is -3.57. The number of carboxylic acid groups (broad SMARTS) is 1. The molecule has 0 saturated carbocycles. The van der Waals surface area contributed by atoms with Gasteiger partial charge in [-0.25, -0.2) is 13.2 Å². The Labute approximate surface area is 105 Å².